The number of nitrogens with two attached hydrogens (primary N) is 1. The lowest BCUT2D eigenvalue weighted by Crippen LogP contribution is -2.36. The summed E-state index contributed by atoms with van der Waals surface area (Å²) in [5, 5.41) is 0. The van der Waals surface area contributed by atoms with Crippen LogP contribution in [0.2, 0.25) is 0 Å². The zero-order valence-corrected chi connectivity index (χ0v) is 9.04. The molecule has 0 aromatic carbocycles. The lowest BCUT2D eigenvalue weighted by atomic mass is 10.0. The molecule has 1 amide bonds. The van der Waals surface area contributed by atoms with Crippen molar-refractivity contribution in [1.29, 1.82) is 0 Å². The van der Waals surface area contributed by atoms with Gasteiger partial charge in [-0.15, -0.1) is 0 Å². The van der Waals surface area contributed by atoms with Crippen molar-refractivity contribution >= 4 is 5.91 Å². The van der Waals surface area contributed by atoms with E-state index >= 15 is 0 Å². The second-order valence-corrected chi connectivity index (χ2v) is 3.64. The topological polar surface area (TPSA) is 55.6 Å². The van der Waals surface area contributed by atoms with Crippen LogP contribution in [0, 0.1) is 0 Å². The summed E-state index contributed by atoms with van der Waals surface area (Å²) in [7, 11) is 3.39. The van der Waals surface area contributed by atoms with Crippen LogP contribution in [0.1, 0.15) is 19.8 Å². The molecule has 1 heterocycles. The third-order valence-electron chi connectivity index (χ3n) is 2.67. The molecule has 4 nitrogen and oxygen atoms in total. The van der Waals surface area contributed by atoms with Gasteiger partial charge >= 0.3 is 0 Å². The Morgan fingerprint density at radius 2 is 2.29 bits per heavy atom. The fraction of sp³-hybridized carbons (Fsp3) is 0.700. The zero-order chi connectivity index (χ0) is 10.7. The van der Waals surface area contributed by atoms with Gasteiger partial charge in [0.15, 0.2) is 0 Å². The van der Waals surface area contributed by atoms with Gasteiger partial charge in [0, 0.05) is 32.0 Å². The van der Waals surface area contributed by atoms with Crippen molar-refractivity contribution in [2.24, 2.45) is 5.73 Å². The van der Waals surface area contributed by atoms with E-state index in [1.165, 1.54) is 0 Å². The van der Waals surface area contributed by atoms with E-state index in [2.05, 4.69) is 0 Å². The molecule has 0 aromatic heterocycles. The minimum absolute atomic E-state index is 0.0395. The predicted molar refractivity (Wildman–Crippen MR) is 54.6 cm³/mol. The molecule has 2 N–H and O–H groups in total. The molecule has 1 rings (SSSR count). The van der Waals surface area contributed by atoms with Crippen molar-refractivity contribution in [1.82, 2.24) is 4.90 Å². The van der Waals surface area contributed by atoms with Crippen LogP contribution in [0.3, 0.4) is 0 Å². The van der Waals surface area contributed by atoms with Gasteiger partial charge in [-0.1, -0.05) is 0 Å². The first kappa shape index (κ1) is 11.0. The number of nitrogens with zero attached hydrogens (tertiary/aromatic N) is 1. The van der Waals surface area contributed by atoms with Crippen LogP contribution in [0.5, 0.6) is 0 Å². The van der Waals surface area contributed by atoms with E-state index in [0.717, 1.165) is 19.4 Å². The Labute approximate surface area is 84.7 Å². The molecule has 0 radical (unpaired) electrons. The Balaban J connectivity index is 2.88. The summed E-state index contributed by atoms with van der Waals surface area (Å²) in [4.78, 5) is 13.4. The number of piperidine rings is 1. The molecule has 0 bridgehead atoms. The lowest BCUT2D eigenvalue weighted by Gasteiger charge is -2.26. The number of carbonyl (C=O) groups is 1. The number of rotatable bonds is 2. The fourth-order valence-electron chi connectivity index (χ4n) is 1.57. The minimum atomic E-state index is -0.180. The SMILES string of the molecule is COC(C)/C(N)=C1/CCCN(C)C1=O. The molecule has 0 saturated carbocycles. The Kier molecular flexibility index (Phi) is 3.52. The highest BCUT2D eigenvalue weighted by molar-refractivity contribution is 5.94. The van der Waals surface area contributed by atoms with E-state index in [-0.39, 0.29) is 12.0 Å². The molecule has 1 aliphatic rings. The van der Waals surface area contributed by atoms with E-state index in [9.17, 15) is 4.79 Å². The second kappa shape index (κ2) is 4.46. The largest absolute Gasteiger partial charge is 0.400 e. The molecule has 0 aromatic rings. The number of hydrogen-bond acceptors (Lipinski definition) is 3. The Hall–Kier alpha value is -1.03. The number of methoxy groups -OCH3 is 1. The highest BCUT2D eigenvalue weighted by atomic mass is 16.5. The van der Waals surface area contributed by atoms with Gasteiger partial charge in [-0.2, -0.15) is 0 Å². The number of ether oxygens (including phenoxy) is 1. The number of amides is 1. The summed E-state index contributed by atoms with van der Waals surface area (Å²) < 4.78 is 5.10. The van der Waals surface area contributed by atoms with Crippen molar-refractivity contribution in [3.63, 3.8) is 0 Å². The van der Waals surface area contributed by atoms with Crippen LogP contribution in [-0.4, -0.2) is 37.6 Å². The van der Waals surface area contributed by atoms with Gasteiger partial charge in [-0.25, -0.2) is 0 Å². The van der Waals surface area contributed by atoms with Crippen LogP contribution in [0.25, 0.3) is 0 Å². The molecule has 1 aliphatic heterocycles. The summed E-state index contributed by atoms with van der Waals surface area (Å²) in [6, 6.07) is 0. The van der Waals surface area contributed by atoms with Crippen molar-refractivity contribution in [3.05, 3.63) is 11.3 Å². The number of carbonyl (C=O) groups excluding carboxylic acids is 1. The van der Waals surface area contributed by atoms with Crippen LogP contribution in [-0.2, 0) is 9.53 Å². The molecule has 80 valence electrons. The normalized spacial score (nSPS) is 23.6. The third-order valence-corrected chi connectivity index (χ3v) is 2.67. The maximum absolute atomic E-state index is 11.7. The number of likely N-dealkylation sites (tertiary alicyclic amines) is 1. The smallest absolute Gasteiger partial charge is 0.251 e. The quantitative estimate of drug-likeness (QED) is 0.657. The average molecular weight is 198 g/mol. The summed E-state index contributed by atoms with van der Waals surface area (Å²) in [6.45, 7) is 2.67. The summed E-state index contributed by atoms with van der Waals surface area (Å²) in [5.41, 5.74) is 7.15. The zero-order valence-electron chi connectivity index (χ0n) is 9.04. The Bertz CT molecular complexity index is 261. The van der Waals surface area contributed by atoms with E-state index in [0.29, 0.717) is 11.3 Å². The minimum Gasteiger partial charge on any atom is -0.400 e. The second-order valence-electron chi connectivity index (χ2n) is 3.64. The molecule has 1 unspecified atom stereocenters. The van der Waals surface area contributed by atoms with Gasteiger partial charge in [0.25, 0.3) is 5.91 Å². The van der Waals surface area contributed by atoms with Gasteiger partial charge in [0.1, 0.15) is 0 Å². The van der Waals surface area contributed by atoms with E-state index in [1.54, 1.807) is 19.1 Å². The van der Waals surface area contributed by atoms with Gasteiger partial charge in [0.05, 0.1) is 6.10 Å². The highest BCUT2D eigenvalue weighted by Gasteiger charge is 2.24. The van der Waals surface area contributed by atoms with Crippen LogP contribution in [0.4, 0.5) is 0 Å². The monoisotopic (exact) mass is 198 g/mol. The molecule has 1 atom stereocenters. The molecule has 14 heavy (non-hydrogen) atoms. The Morgan fingerprint density at radius 1 is 1.64 bits per heavy atom. The molecule has 0 spiro atoms. The van der Waals surface area contributed by atoms with Crippen molar-refractivity contribution in [2.45, 2.75) is 25.9 Å². The van der Waals surface area contributed by atoms with Crippen molar-refractivity contribution in [3.8, 4) is 0 Å². The molecule has 1 saturated heterocycles. The van der Waals surface area contributed by atoms with Crippen molar-refractivity contribution < 1.29 is 9.53 Å². The van der Waals surface area contributed by atoms with E-state index < -0.39 is 0 Å². The summed E-state index contributed by atoms with van der Waals surface area (Å²) >= 11 is 0. The predicted octanol–water partition coefficient (Wildman–Crippen LogP) is 0.486. The van der Waals surface area contributed by atoms with Gasteiger partial charge in [0.2, 0.25) is 0 Å². The number of hydrogen-bond donors (Lipinski definition) is 1. The summed E-state index contributed by atoms with van der Waals surface area (Å²) in [5.74, 6) is 0.0395. The van der Waals surface area contributed by atoms with E-state index in [4.69, 9.17) is 10.5 Å². The molecular formula is C10H18N2O2. The van der Waals surface area contributed by atoms with Crippen molar-refractivity contribution in [2.75, 3.05) is 20.7 Å². The summed E-state index contributed by atoms with van der Waals surface area (Å²) in [6.07, 6.45) is 1.57. The maximum atomic E-state index is 11.7. The first-order valence-electron chi connectivity index (χ1n) is 4.84. The maximum Gasteiger partial charge on any atom is 0.251 e. The molecule has 4 heteroatoms. The highest BCUT2D eigenvalue weighted by Crippen LogP contribution is 2.19. The average Bonchev–Trinajstić information content (AvgIpc) is 2.20. The molecular weight excluding hydrogens is 180 g/mol. The first-order chi connectivity index (χ1) is 6.57. The van der Waals surface area contributed by atoms with Crippen LogP contribution >= 0.6 is 0 Å². The fourth-order valence-corrected chi connectivity index (χ4v) is 1.57. The standard InChI is InChI=1S/C10H18N2O2/c1-7(14-3)9(11)8-5-4-6-12(2)10(8)13/h7H,4-6,11H2,1-3H3/b9-8+. The first-order valence-corrected chi connectivity index (χ1v) is 4.84. The van der Waals surface area contributed by atoms with Gasteiger partial charge in [-0.05, 0) is 19.8 Å². The van der Waals surface area contributed by atoms with Crippen LogP contribution in [0.15, 0.2) is 11.3 Å². The number of likely N-dealkylation sites (N-methyl/N-ethyl adjacent to an activating group) is 1. The lowest BCUT2D eigenvalue weighted by molar-refractivity contribution is -0.127. The van der Waals surface area contributed by atoms with E-state index in [1.807, 2.05) is 6.92 Å². The van der Waals surface area contributed by atoms with Gasteiger partial charge < -0.3 is 15.4 Å². The van der Waals surface area contributed by atoms with Gasteiger partial charge in [-0.3, -0.25) is 4.79 Å². The molecule has 0 aliphatic carbocycles. The Morgan fingerprint density at radius 3 is 2.86 bits per heavy atom. The van der Waals surface area contributed by atoms with Crippen LogP contribution < -0.4 is 5.73 Å². The third kappa shape index (κ3) is 2.07. The molecule has 1 fully saturated rings.